The third kappa shape index (κ3) is 8.02. The van der Waals surface area contributed by atoms with Gasteiger partial charge in [-0.3, -0.25) is 0 Å². The van der Waals surface area contributed by atoms with Crippen molar-refractivity contribution < 1.29 is 5.11 Å². The summed E-state index contributed by atoms with van der Waals surface area (Å²) in [5.41, 5.74) is 0. The lowest BCUT2D eigenvalue weighted by molar-refractivity contribution is 0.185. The lowest BCUT2D eigenvalue weighted by Gasteiger charge is -2.15. The Balaban J connectivity index is 3.27. The van der Waals surface area contributed by atoms with Crippen molar-refractivity contribution in [3.05, 3.63) is 0 Å². The van der Waals surface area contributed by atoms with Gasteiger partial charge < -0.3 is 10.4 Å². The van der Waals surface area contributed by atoms with E-state index in [4.69, 9.17) is 5.11 Å². The number of nitrogens with one attached hydrogen (secondary N) is 1. The first kappa shape index (κ1) is 11.9. The number of aliphatic hydroxyl groups excluding tert-OH is 1. The van der Waals surface area contributed by atoms with E-state index in [1.54, 1.807) is 0 Å². The van der Waals surface area contributed by atoms with Crippen LogP contribution in [0.3, 0.4) is 0 Å². The molecule has 0 radical (unpaired) electrons. The lowest BCUT2D eigenvalue weighted by Crippen LogP contribution is -2.32. The molecule has 0 aromatic rings. The molecule has 2 N–H and O–H groups in total. The summed E-state index contributed by atoms with van der Waals surface area (Å²) in [6.07, 6.45) is 2.23. The molecule has 0 unspecified atom stereocenters. The van der Waals surface area contributed by atoms with Crippen molar-refractivity contribution in [2.75, 3.05) is 6.54 Å². The number of hydrogen-bond donors (Lipinski definition) is 2. The van der Waals surface area contributed by atoms with Gasteiger partial charge in [-0.1, -0.05) is 13.8 Å². The molecule has 0 aliphatic carbocycles. The molecular weight excluding hydrogens is 150 g/mol. The van der Waals surface area contributed by atoms with E-state index in [0.717, 1.165) is 5.92 Å². The van der Waals surface area contributed by atoms with Crippen molar-refractivity contribution in [3.63, 3.8) is 0 Å². The largest absolute Gasteiger partial charge is 0.392 e. The topological polar surface area (TPSA) is 32.3 Å². The Hall–Kier alpha value is -0.0800. The van der Waals surface area contributed by atoms with E-state index in [-0.39, 0.29) is 6.10 Å². The van der Waals surface area contributed by atoms with Crippen LogP contribution in [0.5, 0.6) is 0 Å². The maximum atomic E-state index is 9.02. The summed E-state index contributed by atoms with van der Waals surface area (Å²) >= 11 is 0. The van der Waals surface area contributed by atoms with E-state index < -0.39 is 0 Å². The number of rotatable bonds is 6. The van der Waals surface area contributed by atoms with Gasteiger partial charge in [0, 0.05) is 12.6 Å². The van der Waals surface area contributed by atoms with Crippen molar-refractivity contribution >= 4 is 0 Å². The smallest absolute Gasteiger partial charge is 0.0636 e. The van der Waals surface area contributed by atoms with Gasteiger partial charge in [0.05, 0.1) is 6.10 Å². The predicted molar refractivity (Wildman–Crippen MR) is 53.2 cm³/mol. The average molecular weight is 173 g/mol. The van der Waals surface area contributed by atoms with E-state index in [2.05, 4.69) is 26.1 Å². The van der Waals surface area contributed by atoms with Crippen LogP contribution in [-0.4, -0.2) is 23.8 Å². The number of aliphatic hydroxyl groups is 1. The Morgan fingerprint density at radius 1 is 1.08 bits per heavy atom. The van der Waals surface area contributed by atoms with Crippen molar-refractivity contribution in [1.82, 2.24) is 5.32 Å². The van der Waals surface area contributed by atoms with Gasteiger partial charge in [-0.2, -0.15) is 0 Å². The minimum atomic E-state index is -0.230. The number of hydrogen-bond acceptors (Lipinski definition) is 2. The molecule has 0 aromatic carbocycles. The fourth-order valence-corrected chi connectivity index (χ4v) is 1.06. The molecule has 0 saturated carbocycles. The summed E-state index contributed by atoms with van der Waals surface area (Å²) in [6.45, 7) is 9.16. The molecule has 2 atom stereocenters. The van der Waals surface area contributed by atoms with Crippen LogP contribution >= 0.6 is 0 Å². The summed E-state index contributed by atoms with van der Waals surface area (Å²) in [5, 5.41) is 12.3. The molecule has 0 spiro atoms. The van der Waals surface area contributed by atoms with E-state index in [1.165, 1.54) is 12.8 Å². The molecule has 0 rings (SSSR count). The minimum absolute atomic E-state index is 0.230. The van der Waals surface area contributed by atoms with Crippen LogP contribution in [0.1, 0.15) is 40.5 Å². The van der Waals surface area contributed by atoms with E-state index in [9.17, 15) is 0 Å². The van der Waals surface area contributed by atoms with Crippen LogP contribution in [-0.2, 0) is 0 Å². The second kappa shape index (κ2) is 6.44. The second-order valence-electron chi connectivity index (χ2n) is 4.13. The van der Waals surface area contributed by atoms with Gasteiger partial charge in [-0.15, -0.1) is 0 Å². The molecule has 0 amide bonds. The SMILES string of the molecule is CC(C)CC[C@H](C)NC[C@@H](C)O. The first-order valence-corrected chi connectivity index (χ1v) is 4.93. The quantitative estimate of drug-likeness (QED) is 0.641. The molecule has 0 saturated heterocycles. The van der Waals surface area contributed by atoms with E-state index in [1.807, 2.05) is 6.92 Å². The second-order valence-corrected chi connectivity index (χ2v) is 4.13. The Morgan fingerprint density at radius 2 is 1.67 bits per heavy atom. The van der Waals surface area contributed by atoms with Crippen LogP contribution in [0.15, 0.2) is 0 Å². The fourth-order valence-electron chi connectivity index (χ4n) is 1.06. The lowest BCUT2D eigenvalue weighted by atomic mass is 10.0. The van der Waals surface area contributed by atoms with Crippen molar-refractivity contribution in [2.24, 2.45) is 5.92 Å². The van der Waals surface area contributed by atoms with Gasteiger partial charge in [0.1, 0.15) is 0 Å². The van der Waals surface area contributed by atoms with Crippen molar-refractivity contribution in [1.29, 1.82) is 0 Å². The Labute approximate surface area is 76.4 Å². The van der Waals surface area contributed by atoms with Crippen LogP contribution in [0.4, 0.5) is 0 Å². The molecule has 0 heterocycles. The van der Waals surface area contributed by atoms with Gasteiger partial charge >= 0.3 is 0 Å². The van der Waals surface area contributed by atoms with Gasteiger partial charge in [0.25, 0.3) is 0 Å². The summed E-state index contributed by atoms with van der Waals surface area (Å²) in [4.78, 5) is 0. The van der Waals surface area contributed by atoms with Crippen molar-refractivity contribution in [3.8, 4) is 0 Å². The van der Waals surface area contributed by atoms with Crippen LogP contribution in [0, 0.1) is 5.92 Å². The Morgan fingerprint density at radius 3 is 2.08 bits per heavy atom. The highest BCUT2D eigenvalue weighted by Gasteiger charge is 2.03. The summed E-state index contributed by atoms with van der Waals surface area (Å²) in [6, 6.07) is 0.530. The first-order valence-electron chi connectivity index (χ1n) is 4.93. The monoisotopic (exact) mass is 173 g/mol. The molecular formula is C10H23NO. The van der Waals surface area contributed by atoms with Gasteiger partial charge in [0.15, 0.2) is 0 Å². The summed E-state index contributed by atoms with van der Waals surface area (Å²) in [7, 11) is 0. The van der Waals surface area contributed by atoms with E-state index >= 15 is 0 Å². The Bertz CT molecular complexity index is 90.0. The molecule has 0 aliphatic heterocycles. The average Bonchev–Trinajstić information content (AvgIpc) is 1.96. The standard InChI is InChI=1S/C10H23NO/c1-8(2)5-6-9(3)11-7-10(4)12/h8-12H,5-7H2,1-4H3/t9-,10+/m0/s1. The van der Waals surface area contributed by atoms with Crippen LogP contribution < -0.4 is 5.32 Å². The molecule has 0 bridgehead atoms. The zero-order valence-electron chi connectivity index (χ0n) is 8.80. The zero-order chi connectivity index (χ0) is 9.56. The predicted octanol–water partition coefficient (Wildman–Crippen LogP) is 1.78. The first-order chi connectivity index (χ1) is 5.52. The third-order valence-electron chi connectivity index (χ3n) is 1.94. The summed E-state index contributed by atoms with van der Waals surface area (Å²) in [5.74, 6) is 0.779. The fraction of sp³-hybridized carbons (Fsp3) is 1.00. The highest BCUT2D eigenvalue weighted by atomic mass is 16.3. The van der Waals surface area contributed by atoms with Gasteiger partial charge in [-0.25, -0.2) is 0 Å². The van der Waals surface area contributed by atoms with Gasteiger partial charge in [-0.05, 0) is 32.6 Å². The van der Waals surface area contributed by atoms with Gasteiger partial charge in [0.2, 0.25) is 0 Å². The van der Waals surface area contributed by atoms with Crippen LogP contribution in [0.25, 0.3) is 0 Å². The zero-order valence-corrected chi connectivity index (χ0v) is 8.80. The van der Waals surface area contributed by atoms with Crippen molar-refractivity contribution in [2.45, 2.75) is 52.7 Å². The summed E-state index contributed by atoms with van der Waals surface area (Å²) < 4.78 is 0. The highest BCUT2D eigenvalue weighted by Crippen LogP contribution is 2.05. The third-order valence-corrected chi connectivity index (χ3v) is 1.94. The minimum Gasteiger partial charge on any atom is -0.392 e. The Kier molecular flexibility index (Phi) is 6.39. The highest BCUT2D eigenvalue weighted by molar-refractivity contribution is 4.63. The van der Waals surface area contributed by atoms with E-state index in [0.29, 0.717) is 12.6 Å². The maximum Gasteiger partial charge on any atom is 0.0636 e. The molecule has 12 heavy (non-hydrogen) atoms. The molecule has 2 nitrogen and oxygen atoms in total. The molecule has 74 valence electrons. The molecule has 0 aliphatic rings. The van der Waals surface area contributed by atoms with Crippen LogP contribution in [0.2, 0.25) is 0 Å². The molecule has 0 aromatic heterocycles. The molecule has 0 fully saturated rings. The maximum absolute atomic E-state index is 9.02. The normalized spacial score (nSPS) is 16.5. The molecule has 2 heteroatoms.